The van der Waals surface area contributed by atoms with Crippen LogP contribution in [0.15, 0.2) is 24.3 Å². The molecule has 2 rings (SSSR count). The lowest BCUT2D eigenvalue weighted by molar-refractivity contribution is -0.132. The third-order valence-corrected chi connectivity index (χ3v) is 4.21. The molecule has 116 valence electrons. The molecule has 4 heteroatoms. The summed E-state index contributed by atoms with van der Waals surface area (Å²) in [6, 6.07) is 8.12. The van der Waals surface area contributed by atoms with Crippen LogP contribution in [-0.2, 0) is 4.79 Å². The van der Waals surface area contributed by atoms with Gasteiger partial charge in [-0.3, -0.25) is 4.79 Å². The van der Waals surface area contributed by atoms with Gasteiger partial charge < -0.3 is 15.0 Å². The first-order valence-electron chi connectivity index (χ1n) is 7.92. The minimum Gasteiger partial charge on any atom is -0.495 e. The molecule has 0 heterocycles. The molecule has 1 amide bonds. The second-order valence-electron chi connectivity index (χ2n) is 5.53. The van der Waals surface area contributed by atoms with E-state index in [0.29, 0.717) is 12.6 Å². The fourth-order valence-electron chi connectivity index (χ4n) is 3.09. The minimum atomic E-state index is 0.176. The molecule has 21 heavy (non-hydrogen) atoms. The summed E-state index contributed by atoms with van der Waals surface area (Å²) in [4.78, 5) is 14.5. The van der Waals surface area contributed by atoms with Crippen LogP contribution in [0.1, 0.15) is 39.0 Å². The Balaban J connectivity index is 1.93. The Morgan fingerprint density at radius 3 is 2.67 bits per heavy atom. The molecule has 0 unspecified atom stereocenters. The van der Waals surface area contributed by atoms with Gasteiger partial charge in [0.05, 0.1) is 19.3 Å². The Kier molecular flexibility index (Phi) is 5.90. The van der Waals surface area contributed by atoms with E-state index in [1.54, 1.807) is 7.11 Å². The van der Waals surface area contributed by atoms with E-state index in [1.807, 2.05) is 29.2 Å². The molecule has 1 aliphatic carbocycles. The number of hydrogen-bond acceptors (Lipinski definition) is 3. The lowest BCUT2D eigenvalue weighted by atomic mass is 9.94. The number of carbonyl (C=O) groups is 1. The van der Waals surface area contributed by atoms with Crippen molar-refractivity contribution in [2.45, 2.75) is 45.1 Å². The molecule has 1 fully saturated rings. The molecule has 1 N–H and O–H groups in total. The Hall–Kier alpha value is -1.71. The summed E-state index contributed by atoms with van der Waals surface area (Å²) in [6.07, 6.45) is 6.09. The number of likely N-dealkylation sites (N-methyl/N-ethyl adjacent to an activating group) is 1. The normalized spacial score (nSPS) is 15.5. The van der Waals surface area contributed by atoms with Crippen LogP contribution in [0.5, 0.6) is 5.75 Å². The Morgan fingerprint density at radius 2 is 2.00 bits per heavy atom. The fourth-order valence-corrected chi connectivity index (χ4v) is 3.09. The lowest BCUT2D eigenvalue weighted by Gasteiger charge is -2.33. The van der Waals surface area contributed by atoms with Crippen molar-refractivity contribution in [1.82, 2.24) is 4.90 Å². The molecule has 0 aliphatic heterocycles. The highest BCUT2D eigenvalue weighted by molar-refractivity contribution is 5.81. The summed E-state index contributed by atoms with van der Waals surface area (Å²) in [5.74, 6) is 0.946. The maximum absolute atomic E-state index is 12.5. The summed E-state index contributed by atoms with van der Waals surface area (Å²) in [6.45, 7) is 3.18. The summed E-state index contributed by atoms with van der Waals surface area (Å²) in [5, 5.41) is 3.20. The van der Waals surface area contributed by atoms with Gasteiger partial charge in [0.2, 0.25) is 5.91 Å². The number of rotatable bonds is 6. The zero-order valence-electron chi connectivity index (χ0n) is 13.1. The van der Waals surface area contributed by atoms with E-state index in [4.69, 9.17) is 4.74 Å². The van der Waals surface area contributed by atoms with Crippen molar-refractivity contribution in [1.29, 1.82) is 0 Å². The number of amides is 1. The molecule has 1 saturated carbocycles. The van der Waals surface area contributed by atoms with Crippen LogP contribution in [0.2, 0.25) is 0 Å². The SMILES string of the molecule is CCN(C(=O)CNc1ccccc1OC)C1CCCCC1. The summed E-state index contributed by atoms with van der Waals surface area (Å²) in [5.41, 5.74) is 0.869. The van der Waals surface area contributed by atoms with Crippen molar-refractivity contribution in [3.8, 4) is 5.75 Å². The van der Waals surface area contributed by atoms with E-state index in [-0.39, 0.29) is 5.91 Å². The van der Waals surface area contributed by atoms with Crippen LogP contribution in [0.25, 0.3) is 0 Å². The van der Waals surface area contributed by atoms with Gasteiger partial charge in [-0.1, -0.05) is 31.4 Å². The van der Waals surface area contributed by atoms with Crippen molar-refractivity contribution in [3.63, 3.8) is 0 Å². The number of benzene rings is 1. The van der Waals surface area contributed by atoms with Crippen LogP contribution in [0.3, 0.4) is 0 Å². The highest BCUT2D eigenvalue weighted by atomic mass is 16.5. The van der Waals surface area contributed by atoms with Crippen LogP contribution in [0.4, 0.5) is 5.69 Å². The van der Waals surface area contributed by atoms with Gasteiger partial charge in [-0.2, -0.15) is 0 Å². The third kappa shape index (κ3) is 4.13. The Bertz CT molecular complexity index is 456. The number of ether oxygens (including phenoxy) is 1. The molecule has 4 nitrogen and oxygen atoms in total. The van der Waals surface area contributed by atoms with Crippen LogP contribution in [-0.4, -0.2) is 37.0 Å². The van der Waals surface area contributed by atoms with Crippen LogP contribution in [0, 0.1) is 0 Å². The lowest BCUT2D eigenvalue weighted by Crippen LogP contribution is -2.43. The maximum atomic E-state index is 12.5. The van der Waals surface area contributed by atoms with E-state index >= 15 is 0 Å². The number of methoxy groups -OCH3 is 1. The molecule has 0 saturated heterocycles. The van der Waals surface area contributed by atoms with Crippen molar-refractivity contribution in [3.05, 3.63) is 24.3 Å². The van der Waals surface area contributed by atoms with E-state index in [0.717, 1.165) is 30.8 Å². The zero-order chi connectivity index (χ0) is 15.1. The average Bonchev–Trinajstić information content (AvgIpc) is 2.55. The molecular formula is C17H26N2O2. The Morgan fingerprint density at radius 1 is 1.29 bits per heavy atom. The third-order valence-electron chi connectivity index (χ3n) is 4.21. The zero-order valence-corrected chi connectivity index (χ0v) is 13.1. The van der Waals surface area contributed by atoms with Gasteiger partial charge in [-0.05, 0) is 31.9 Å². The van der Waals surface area contributed by atoms with Crippen molar-refractivity contribution in [2.24, 2.45) is 0 Å². The smallest absolute Gasteiger partial charge is 0.242 e. The maximum Gasteiger partial charge on any atom is 0.242 e. The molecule has 1 aromatic rings. The van der Waals surface area contributed by atoms with Crippen LogP contribution < -0.4 is 10.1 Å². The summed E-state index contributed by atoms with van der Waals surface area (Å²) in [7, 11) is 1.64. The highest BCUT2D eigenvalue weighted by Gasteiger charge is 2.23. The molecule has 0 aromatic heterocycles. The summed E-state index contributed by atoms with van der Waals surface area (Å²) >= 11 is 0. The first kappa shape index (κ1) is 15.7. The number of anilines is 1. The Labute approximate surface area is 127 Å². The molecule has 0 spiro atoms. The van der Waals surface area contributed by atoms with Gasteiger partial charge in [-0.25, -0.2) is 0 Å². The molecule has 0 bridgehead atoms. The number of carbonyl (C=O) groups excluding carboxylic acids is 1. The second-order valence-corrected chi connectivity index (χ2v) is 5.53. The van der Waals surface area contributed by atoms with Gasteiger partial charge in [-0.15, -0.1) is 0 Å². The molecule has 0 atom stereocenters. The largest absolute Gasteiger partial charge is 0.495 e. The van der Waals surface area contributed by atoms with Gasteiger partial charge in [0, 0.05) is 12.6 Å². The van der Waals surface area contributed by atoms with Gasteiger partial charge in [0.1, 0.15) is 5.75 Å². The summed E-state index contributed by atoms with van der Waals surface area (Å²) < 4.78 is 5.29. The van der Waals surface area contributed by atoms with E-state index in [1.165, 1.54) is 19.3 Å². The predicted octanol–water partition coefficient (Wildman–Crippen LogP) is 3.29. The van der Waals surface area contributed by atoms with Crippen molar-refractivity contribution < 1.29 is 9.53 Å². The first-order chi connectivity index (χ1) is 10.3. The molecule has 1 aliphatic rings. The van der Waals surface area contributed by atoms with Crippen molar-refractivity contribution >= 4 is 11.6 Å². The van der Waals surface area contributed by atoms with Gasteiger partial charge in [0.15, 0.2) is 0 Å². The second kappa shape index (κ2) is 7.91. The monoisotopic (exact) mass is 290 g/mol. The standard InChI is InChI=1S/C17H26N2O2/c1-3-19(14-9-5-4-6-10-14)17(20)13-18-15-11-7-8-12-16(15)21-2/h7-8,11-12,14,18H,3-6,9-10,13H2,1-2H3. The van der Waals surface area contributed by atoms with Crippen molar-refractivity contribution in [2.75, 3.05) is 25.5 Å². The van der Waals surface area contributed by atoms with E-state index in [2.05, 4.69) is 12.2 Å². The first-order valence-corrected chi connectivity index (χ1v) is 7.92. The highest BCUT2D eigenvalue weighted by Crippen LogP contribution is 2.24. The molecular weight excluding hydrogens is 264 g/mol. The van der Waals surface area contributed by atoms with E-state index < -0.39 is 0 Å². The van der Waals surface area contributed by atoms with Gasteiger partial charge in [0.25, 0.3) is 0 Å². The molecule has 1 aromatic carbocycles. The number of hydrogen-bond donors (Lipinski definition) is 1. The number of nitrogens with one attached hydrogen (secondary N) is 1. The number of nitrogens with zero attached hydrogens (tertiary/aromatic N) is 1. The van der Waals surface area contributed by atoms with Crippen LogP contribution >= 0.6 is 0 Å². The minimum absolute atomic E-state index is 0.176. The topological polar surface area (TPSA) is 41.6 Å². The molecule has 0 radical (unpaired) electrons. The average molecular weight is 290 g/mol. The van der Waals surface area contributed by atoms with E-state index in [9.17, 15) is 4.79 Å². The predicted molar refractivity (Wildman–Crippen MR) is 85.7 cm³/mol. The quantitative estimate of drug-likeness (QED) is 0.874. The van der Waals surface area contributed by atoms with Gasteiger partial charge >= 0.3 is 0 Å². The fraction of sp³-hybridized carbons (Fsp3) is 0.588. The number of para-hydroxylation sites is 2.